The number of anilines is 1. The van der Waals surface area contributed by atoms with E-state index >= 15 is 0 Å². The molecule has 2 aromatic rings. The number of aromatic nitrogens is 2. The Morgan fingerprint density at radius 2 is 2.24 bits per heavy atom. The van der Waals surface area contributed by atoms with Crippen LogP contribution in [0, 0.1) is 6.92 Å². The first-order valence-corrected chi connectivity index (χ1v) is 6.33. The summed E-state index contributed by atoms with van der Waals surface area (Å²) < 4.78 is 32.4. The summed E-state index contributed by atoms with van der Waals surface area (Å²) in [6, 6.07) is -0.597. The SMILES string of the molecule is [2H]c1cc(N)c2c(=O)n(C3C(=O)CC(=O)C([2H])C3[2H])c(C)nc2c1[2H]. The van der Waals surface area contributed by atoms with Crippen LogP contribution in [0.2, 0.25) is 0 Å². The van der Waals surface area contributed by atoms with Crippen LogP contribution in [-0.2, 0) is 9.59 Å². The normalized spacial score (nSPS) is 28.9. The molecule has 1 saturated carbocycles. The first kappa shape index (κ1) is 9.44. The van der Waals surface area contributed by atoms with Gasteiger partial charge in [0.15, 0.2) is 5.78 Å². The van der Waals surface area contributed by atoms with Gasteiger partial charge in [0, 0.05) is 14.8 Å². The van der Waals surface area contributed by atoms with Crippen LogP contribution in [0.25, 0.3) is 10.9 Å². The number of carbonyl (C=O) groups excluding carboxylic acids is 2. The van der Waals surface area contributed by atoms with Crippen molar-refractivity contribution >= 4 is 28.2 Å². The predicted octanol–water partition coefficient (Wildman–Crippen LogP) is 1.15. The highest BCUT2D eigenvalue weighted by atomic mass is 16.2. The third-order valence-corrected chi connectivity index (χ3v) is 3.42. The van der Waals surface area contributed by atoms with Gasteiger partial charge < -0.3 is 5.73 Å². The molecule has 1 aromatic heterocycles. The predicted molar refractivity (Wildman–Crippen MR) is 78.1 cm³/mol. The van der Waals surface area contributed by atoms with Crippen molar-refractivity contribution in [3.05, 3.63) is 34.3 Å². The summed E-state index contributed by atoms with van der Waals surface area (Å²) in [6.07, 6.45) is -3.37. The van der Waals surface area contributed by atoms with Crippen LogP contribution in [0.15, 0.2) is 22.9 Å². The zero-order chi connectivity index (χ0) is 18.6. The molecule has 0 radical (unpaired) electrons. The molecule has 108 valence electrons. The lowest BCUT2D eigenvalue weighted by Gasteiger charge is -2.24. The highest BCUT2D eigenvalue weighted by molar-refractivity contribution is 6.03. The number of nitrogen functional groups attached to an aromatic ring is 1. The van der Waals surface area contributed by atoms with E-state index in [0.717, 1.165) is 10.6 Å². The van der Waals surface area contributed by atoms with Crippen LogP contribution < -0.4 is 11.3 Å². The third kappa shape index (κ3) is 2.12. The van der Waals surface area contributed by atoms with Gasteiger partial charge in [0.2, 0.25) is 0 Å². The zero-order valence-electron chi connectivity index (χ0n) is 15.2. The Morgan fingerprint density at radius 1 is 1.48 bits per heavy atom. The highest BCUT2D eigenvalue weighted by Crippen LogP contribution is 2.24. The average molecular weight is 289 g/mol. The summed E-state index contributed by atoms with van der Waals surface area (Å²) in [5.74, 6) is -1.21. The summed E-state index contributed by atoms with van der Waals surface area (Å²) in [6.45, 7) is 1.43. The Labute approximate surface area is 126 Å². The largest absolute Gasteiger partial charge is 0.398 e. The van der Waals surface area contributed by atoms with Crippen LogP contribution in [0.3, 0.4) is 0 Å². The molecule has 0 saturated heterocycles. The molecule has 1 fully saturated rings. The highest BCUT2D eigenvalue weighted by Gasteiger charge is 2.30. The molecule has 1 aliphatic carbocycles. The molecule has 6 heteroatoms. The van der Waals surface area contributed by atoms with E-state index in [4.69, 9.17) is 11.2 Å². The number of hydrogen-bond acceptors (Lipinski definition) is 5. The standard InChI is InChI=1S/C15H15N3O3/c1-8-17-11-4-2-3-10(16)14(11)15(21)18(8)12-6-5-9(19)7-13(12)20/h2-4,12H,5-7,16H2,1H3/i2D,4D,5D,6D. The number of aryl methyl sites for hydroxylation is 1. The van der Waals surface area contributed by atoms with E-state index in [0.29, 0.717) is 0 Å². The Bertz CT molecular complexity index is 988. The number of benzene rings is 1. The number of Topliss-reactive ketones (excluding diaryl/α,β-unsaturated/α-hetero) is 2. The smallest absolute Gasteiger partial charge is 0.264 e. The molecule has 0 aliphatic heterocycles. The molecule has 1 aliphatic rings. The summed E-state index contributed by atoms with van der Waals surface area (Å²) in [5.41, 5.74) is 5.00. The van der Waals surface area contributed by atoms with Crippen LogP contribution in [0.1, 0.15) is 36.6 Å². The van der Waals surface area contributed by atoms with Gasteiger partial charge in [-0.3, -0.25) is 19.0 Å². The Morgan fingerprint density at radius 3 is 3.00 bits per heavy atom. The van der Waals surface area contributed by atoms with Gasteiger partial charge in [-0.05, 0) is 25.4 Å². The molecule has 2 N–H and O–H groups in total. The number of rotatable bonds is 1. The monoisotopic (exact) mass is 289 g/mol. The summed E-state index contributed by atoms with van der Waals surface area (Å²) in [7, 11) is 0. The van der Waals surface area contributed by atoms with Crippen LogP contribution in [-0.4, -0.2) is 21.1 Å². The maximum Gasteiger partial charge on any atom is 0.264 e. The van der Waals surface area contributed by atoms with Crippen molar-refractivity contribution in [2.24, 2.45) is 0 Å². The number of hydrogen-bond donors (Lipinski definition) is 1. The molecule has 3 atom stereocenters. The second kappa shape index (κ2) is 4.80. The van der Waals surface area contributed by atoms with Gasteiger partial charge in [-0.1, -0.05) is 6.04 Å². The topological polar surface area (TPSA) is 95.0 Å². The molecule has 6 nitrogen and oxygen atoms in total. The molecule has 1 heterocycles. The van der Waals surface area contributed by atoms with Gasteiger partial charge >= 0.3 is 0 Å². The van der Waals surface area contributed by atoms with E-state index in [1.165, 1.54) is 6.92 Å². The number of nitrogens with two attached hydrogens (primary N) is 1. The number of fused-ring (bicyclic) bond motifs is 1. The first-order valence-electron chi connectivity index (χ1n) is 8.49. The fraction of sp³-hybridized carbons (Fsp3) is 0.333. The lowest BCUT2D eigenvalue weighted by atomic mass is 9.92. The molecule has 0 spiro atoms. The Hall–Kier alpha value is -2.50. The minimum atomic E-state index is -1.43. The maximum atomic E-state index is 12.9. The number of ketones is 2. The quantitative estimate of drug-likeness (QED) is 0.627. The fourth-order valence-electron chi connectivity index (χ4n) is 2.44. The lowest BCUT2D eigenvalue weighted by Crippen LogP contribution is -2.36. The van der Waals surface area contributed by atoms with Gasteiger partial charge in [-0.15, -0.1) is 0 Å². The van der Waals surface area contributed by atoms with E-state index < -0.39 is 42.4 Å². The maximum absolute atomic E-state index is 12.9. The van der Waals surface area contributed by atoms with Crippen molar-refractivity contribution in [1.82, 2.24) is 9.55 Å². The van der Waals surface area contributed by atoms with E-state index in [9.17, 15) is 14.4 Å². The van der Waals surface area contributed by atoms with E-state index in [1.54, 1.807) is 0 Å². The van der Waals surface area contributed by atoms with E-state index in [-0.39, 0.29) is 34.5 Å². The summed E-state index contributed by atoms with van der Waals surface area (Å²) in [4.78, 5) is 41.0. The molecule has 3 unspecified atom stereocenters. The molecule has 3 rings (SSSR count). The summed E-state index contributed by atoms with van der Waals surface area (Å²) in [5, 5.41) is -0.106. The van der Waals surface area contributed by atoms with Crippen LogP contribution >= 0.6 is 0 Å². The van der Waals surface area contributed by atoms with Crippen LogP contribution in [0.4, 0.5) is 5.69 Å². The molecular formula is C15H15N3O3. The van der Waals surface area contributed by atoms with Gasteiger partial charge in [0.05, 0.1) is 26.1 Å². The Balaban J connectivity index is 2.33. The van der Waals surface area contributed by atoms with Gasteiger partial charge in [-0.2, -0.15) is 0 Å². The minimum absolute atomic E-state index is 0.0490. The molecule has 21 heavy (non-hydrogen) atoms. The first-order chi connectivity index (χ1) is 11.6. The second-order valence-corrected chi connectivity index (χ2v) is 4.84. The molecule has 1 aromatic carbocycles. The van der Waals surface area contributed by atoms with Crippen molar-refractivity contribution in [2.75, 3.05) is 5.73 Å². The molecular weight excluding hydrogens is 270 g/mol. The third-order valence-electron chi connectivity index (χ3n) is 3.42. The van der Waals surface area contributed by atoms with Crippen molar-refractivity contribution in [3.63, 3.8) is 0 Å². The average Bonchev–Trinajstić information content (AvgIpc) is 2.53. The second-order valence-electron chi connectivity index (χ2n) is 4.84. The minimum Gasteiger partial charge on any atom is -0.398 e. The van der Waals surface area contributed by atoms with Crippen molar-refractivity contribution in [1.29, 1.82) is 0 Å². The van der Waals surface area contributed by atoms with E-state index in [2.05, 4.69) is 4.98 Å². The van der Waals surface area contributed by atoms with Gasteiger partial charge in [0.25, 0.3) is 5.56 Å². The number of carbonyl (C=O) groups is 2. The van der Waals surface area contributed by atoms with Gasteiger partial charge in [0.1, 0.15) is 11.6 Å². The molecule has 0 amide bonds. The zero-order valence-corrected chi connectivity index (χ0v) is 11.2. The fourth-order valence-corrected chi connectivity index (χ4v) is 2.44. The Kier molecular flexibility index (Phi) is 2.16. The van der Waals surface area contributed by atoms with Crippen LogP contribution in [0.5, 0.6) is 0 Å². The van der Waals surface area contributed by atoms with E-state index in [1.807, 2.05) is 0 Å². The van der Waals surface area contributed by atoms with Crippen molar-refractivity contribution < 1.29 is 15.1 Å². The van der Waals surface area contributed by atoms with Gasteiger partial charge in [-0.25, -0.2) is 4.98 Å². The lowest BCUT2D eigenvalue weighted by molar-refractivity contribution is -0.132. The summed E-state index contributed by atoms with van der Waals surface area (Å²) >= 11 is 0. The van der Waals surface area contributed by atoms with Crippen molar-refractivity contribution in [3.8, 4) is 0 Å². The molecule has 0 bridgehead atoms. The number of nitrogens with zero attached hydrogens (tertiary/aromatic N) is 2. The van der Waals surface area contributed by atoms with Crippen molar-refractivity contribution in [2.45, 2.75) is 32.2 Å².